The molecule has 130 valence electrons. The zero-order chi connectivity index (χ0) is 18.4. The Morgan fingerprint density at radius 1 is 1.16 bits per heavy atom. The number of nitrogens with one attached hydrogen (secondary N) is 1. The SMILES string of the molecule is COC(=O)c1ccc(C)c(NC(=O)COC(=O)c2cc(Cl)ccn2)c1. The number of hydrogen-bond donors (Lipinski definition) is 1. The van der Waals surface area contributed by atoms with Crippen LogP contribution in [0.1, 0.15) is 26.4 Å². The van der Waals surface area contributed by atoms with Crippen LogP contribution in [-0.4, -0.2) is 36.5 Å². The molecule has 0 aliphatic heterocycles. The average Bonchev–Trinajstić information content (AvgIpc) is 2.60. The molecule has 0 bridgehead atoms. The summed E-state index contributed by atoms with van der Waals surface area (Å²) in [4.78, 5) is 39.1. The van der Waals surface area contributed by atoms with E-state index < -0.39 is 24.5 Å². The van der Waals surface area contributed by atoms with E-state index in [0.29, 0.717) is 16.3 Å². The van der Waals surface area contributed by atoms with Gasteiger partial charge in [0.2, 0.25) is 0 Å². The van der Waals surface area contributed by atoms with Crippen LogP contribution in [-0.2, 0) is 14.3 Å². The molecule has 0 spiro atoms. The van der Waals surface area contributed by atoms with Crippen LogP contribution in [0.5, 0.6) is 0 Å². The molecule has 1 aromatic heterocycles. The number of aryl methyl sites for hydroxylation is 1. The predicted molar refractivity (Wildman–Crippen MR) is 90.7 cm³/mol. The number of benzene rings is 1. The van der Waals surface area contributed by atoms with Crippen molar-refractivity contribution >= 4 is 35.1 Å². The van der Waals surface area contributed by atoms with Gasteiger partial charge in [-0.15, -0.1) is 0 Å². The minimum atomic E-state index is -0.766. The summed E-state index contributed by atoms with van der Waals surface area (Å²) < 4.78 is 9.53. The van der Waals surface area contributed by atoms with Gasteiger partial charge in [-0.1, -0.05) is 17.7 Å². The zero-order valence-corrected chi connectivity index (χ0v) is 14.3. The molecule has 1 heterocycles. The van der Waals surface area contributed by atoms with Crippen molar-refractivity contribution in [2.45, 2.75) is 6.92 Å². The van der Waals surface area contributed by atoms with Crippen LogP contribution in [0, 0.1) is 6.92 Å². The normalized spacial score (nSPS) is 10.0. The average molecular weight is 363 g/mol. The summed E-state index contributed by atoms with van der Waals surface area (Å²) in [6, 6.07) is 7.60. The molecule has 25 heavy (non-hydrogen) atoms. The monoisotopic (exact) mass is 362 g/mol. The minimum Gasteiger partial charge on any atom is -0.465 e. The summed E-state index contributed by atoms with van der Waals surface area (Å²) in [5.41, 5.74) is 1.46. The number of rotatable bonds is 5. The molecule has 0 fully saturated rings. The van der Waals surface area contributed by atoms with Crippen LogP contribution in [0.15, 0.2) is 36.5 Å². The molecule has 1 N–H and O–H groups in total. The fraction of sp³-hybridized carbons (Fsp3) is 0.176. The maximum Gasteiger partial charge on any atom is 0.357 e. The number of halogens is 1. The van der Waals surface area contributed by atoms with Gasteiger partial charge in [0.05, 0.1) is 12.7 Å². The van der Waals surface area contributed by atoms with E-state index in [-0.39, 0.29) is 5.69 Å². The Kier molecular flexibility index (Phi) is 6.08. The van der Waals surface area contributed by atoms with Gasteiger partial charge in [0.25, 0.3) is 5.91 Å². The molecular formula is C17H15ClN2O5. The molecule has 2 rings (SSSR count). The summed E-state index contributed by atoms with van der Waals surface area (Å²) >= 11 is 5.76. The second-order valence-corrected chi connectivity index (χ2v) is 5.44. The number of aromatic nitrogens is 1. The zero-order valence-electron chi connectivity index (χ0n) is 13.5. The Morgan fingerprint density at radius 3 is 2.60 bits per heavy atom. The fourth-order valence-electron chi connectivity index (χ4n) is 1.91. The van der Waals surface area contributed by atoms with E-state index in [4.69, 9.17) is 16.3 Å². The number of anilines is 1. The van der Waals surface area contributed by atoms with E-state index in [1.54, 1.807) is 19.1 Å². The van der Waals surface area contributed by atoms with E-state index in [1.807, 2.05) is 0 Å². The van der Waals surface area contributed by atoms with Gasteiger partial charge in [0, 0.05) is 16.9 Å². The van der Waals surface area contributed by atoms with Crippen molar-refractivity contribution in [2.24, 2.45) is 0 Å². The highest BCUT2D eigenvalue weighted by Crippen LogP contribution is 2.17. The number of carbonyl (C=O) groups excluding carboxylic acids is 3. The molecule has 0 aliphatic carbocycles. The lowest BCUT2D eigenvalue weighted by Crippen LogP contribution is -2.22. The Balaban J connectivity index is 1.98. The first-order valence-electron chi connectivity index (χ1n) is 7.18. The molecule has 1 aromatic carbocycles. The van der Waals surface area contributed by atoms with Crippen LogP contribution in [0.2, 0.25) is 5.02 Å². The Bertz CT molecular complexity index is 822. The van der Waals surface area contributed by atoms with Crippen LogP contribution in [0.3, 0.4) is 0 Å². The van der Waals surface area contributed by atoms with Gasteiger partial charge in [-0.2, -0.15) is 0 Å². The van der Waals surface area contributed by atoms with Crippen molar-refractivity contribution in [3.8, 4) is 0 Å². The number of esters is 2. The van der Waals surface area contributed by atoms with Crippen molar-refractivity contribution in [3.05, 3.63) is 58.4 Å². The number of pyridine rings is 1. The van der Waals surface area contributed by atoms with Crippen molar-refractivity contribution in [2.75, 3.05) is 19.0 Å². The van der Waals surface area contributed by atoms with Crippen LogP contribution in [0.25, 0.3) is 0 Å². The third-order valence-corrected chi connectivity index (χ3v) is 3.43. The number of ether oxygens (including phenoxy) is 2. The van der Waals surface area contributed by atoms with Gasteiger partial charge in [0.1, 0.15) is 5.69 Å². The summed E-state index contributed by atoms with van der Waals surface area (Å²) in [6.07, 6.45) is 1.36. The van der Waals surface area contributed by atoms with E-state index >= 15 is 0 Å². The molecule has 0 saturated carbocycles. The lowest BCUT2D eigenvalue weighted by atomic mass is 10.1. The second kappa shape index (κ2) is 8.25. The van der Waals surface area contributed by atoms with E-state index in [2.05, 4.69) is 15.0 Å². The Labute approximate surface area is 148 Å². The van der Waals surface area contributed by atoms with Gasteiger partial charge in [-0.25, -0.2) is 14.6 Å². The van der Waals surface area contributed by atoms with Crippen LogP contribution in [0.4, 0.5) is 5.69 Å². The summed E-state index contributed by atoms with van der Waals surface area (Å²) in [7, 11) is 1.27. The summed E-state index contributed by atoms with van der Waals surface area (Å²) in [5.74, 6) is -1.84. The van der Waals surface area contributed by atoms with E-state index in [1.165, 1.54) is 31.5 Å². The van der Waals surface area contributed by atoms with Crippen molar-refractivity contribution in [1.82, 2.24) is 4.98 Å². The largest absolute Gasteiger partial charge is 0.465 e. The first kappa shape index (κ1) is 18.4. The first-order valence-corrected chi connectivity index (χ1v) is 7.56. The number of methoxy groups -OCH3 is 1. The van der Waals surface area contributed by atoms with Gasteiger partial charge in [-0.05, 0) is 36.8 Å². The number of nitrogens with zero attached hydrogens (tertiary/aromatic N) is 1. The maximum atomic E-state index is 12.0. The molecule has 0 unspecified atom stereocenters. The Morgan fingerprint density at radius 2 is 1.92 bits per heavy atom. The van der Waals surface area contributed by atoms with Crippen molar-refractivity contribution in [3.63, 3.8) is 0 Å². The topological polar surface area (TPSA) is 94.6 Å². The fourth-order valence-corrected chi connectivity index (χ4v) is 2.07. The first-order chi connectivity index (χ1) is 11.9. The standard InChI is InChI=1S/C17H15ClN2O5/c1-10-3-4-11(16(22)24-2)7-13(10)20-15(21)9-25-17(23)14-8-12(18)5-6-19-14/h3-8H,9H2,1-2H3,(H,20,21). The highest BCUT2D eigenvalue weighted by atomic mass is 35.5. The third-order valence-electron chi connectivity index (χ3n) is 3.20. The molecule has 1 amide bonds. The second-order valence-electron chi connectivity index (χ2n) is 5.00. The molecule has 0 radical (unpaired) electrons. The lowest BCUT2D eigenvalue weighted by Gasteiger charge is -2.10. The molecule has 2 aromatic rings. The van der Waals surface area contributed by atoms with Gasteiger partial charge in [-0.3, -0.25) is 4.79 Å². The smallest absolute Gasteiger partial charge is 0.357 e. The van der Waals surface area contributed by atoms with Crippen molar-refractivity contribution < 1.29 is 23.9 Å². The number of hydrogen-bond acceptors (Lipinski definition) is 6. The molecule has 7 nitrogen and oxygen atoms in total. The van der Waals surface area contributed by atoms with Crippen LogP contribution < -0.4 is 5.32 Å². The Hall–Kier alpha value is -2.93. The quantitative estimate of drug-likeness (QED) is 0.821. The molecule has 0 atom stereocenters. The van der Waals surface area contributed by atoms with Crippen LogP contribution >= 0.6 is 11.6 Å². The van der Waals surface area contributed by atoms with Crippen molar-refractivity contribution in [1.29, 1.82) is 0 Å². The van der Waals surface area contributed by atoms with Gasteiger partial charge < -0.3 is 14.8 Å². The number of carbonyl (C=O) groups is 3. The molecule has 0 saturated heterocycles. The third kappa shape index (κ3) is 5.02. The molecule has 8 heteroatoms. The van der Waals surface area contributed by atoms with E-state index in [0.717, 1.165) is 5.56 Å². The number of amides is 1. The maximum absolute atomic E-state index is 12.0. The molecule has 0 aliphatic rings. The summed E-state index contributed by atoms with van der Waals surface area (Å²) in [5, 5.41) is 2.91. The predicted octanol–water partition coefficient (Wildman–Crippen LogP) is 2.63. The highest BCUT2D eigenvalue weighted by Gasteiger charge is 2.14. The highest BCUT2D eigenvalue weighted by molar-refractivity contribution is 6.30. The van der Waals surface area contributed by atoms with Gasteiger partial charge >= 0.3 is 11.9 Å². The molecular weight excluding hydrogens is 348 g/mol. The van der Waals surface area contributed by atoms with E-state index in [9.17, 15) is 14.4 Å². The minimum absolute atomic E-state index is 0.00386. The van der Waals surface area contributed by atoms with Gasteiger partial charge in [0.15, 0.2) is 6.61 Å². The summed E-state index contributed by atoms with van der Waals surface area (Å²) in [6.45, 7) is 1.26. The lowest BCUT2D eigenvalue weighted by molar-refractivity contribution is -0.119.